The summed E-state index contributed by atoms with van der Waals surface area (Å²) in [6.07, 6.45) is 0. The lowest BCUT2D eigenvalue weighted by Gasteiger charge is -2.12. The zero-order valence-corrected chi connectivity index (χ0v) is 16.2. The minimum absolute atomic E-state index is 0.00295. The van der Waals surface area contributed by atoms with Crippen molar-refractivity contribution in [2.75, 3.05) is 16.6 Å². The highest BCUT2D eigenvalue weighted by Gasteiger charge is 2.26. The van der Waals surface area contributed by atoms with E-state index in [0.717, 1.165) is 0 Å². The van der Waals surface area contributed by atoms with Gasteiger partial charge in [0.2, 0.25) is 5.91 Å². The van der Waals surface area contributed by atoms with Gasteiger partial charge in [0.1, 0.15) is 0 Å². The summed E-state index contributed by atoms with van der Waals surface area (Å²) in [5.74, 6) is -1.54. The molecule has 0 spiro atoms. The number of sulfonamides is 1. The molecule has 1 heterocycles. The average Bonchev–Trinajstić information content (AvgIpc) is 3.03. The summed E-state index contributed by atoms with van der Waals surface area (Å²) >= 11 is 0. The molecule has 0 bridgehead atoms. The molecule has 3 aromatic carbocycles. The number of carbonyl (C=O) groups is 3. The molecule has 0 saturated heterocycles. The monoisotopic (exact) mass is 424 g/mol. The molecule has 0 unspecified atom stereocenters. The first kappa shape index (κ1) is 19.4. The van der Waals surface area contributed by atoms with Crippen molar-refractivity contribution >= 4 is 49.9 Å². The molecule has 4 rings (SSSR count). The van der Waals surface area contributed by atoms with Gasteiger partial charge in [-0.3, -0.25) is 19.1 Å². The minimum Gasteiger partial charge on any atom is -0.368 e. The number of rotatable bonds is 6. The number of nitrogens with two attached hydrogens (primary N) is 1. The number of carbonyl (C=O) groups excluding carboxylic acids is 3. The van der Waals surface area contributed by atoms with Crippen LogP contribution in [0.15, 0.2) is 59.5 Å². The molecule has 3 amide bonds. The highest BCUT2D eigenvalue weighted by molar-refractivity contribution is 7.93. The molecule has 0 radical (unpaired) electrons. The maximum absolute atomic E-state index is 13.1. The van der Waals surface area contributed by atoms with Crippen molar-refractivity contribution in [1.82, 2.24) is 5.32 Å². The first-order valence-electron chi connectivity index (χ1n) is 8.83. The van der Waals surface area contributed by atoms with E-state index in [1.807, 2.05) is 0 Å². The smallest absolute Gasteiger partial charge is 0.262 e. The SMILES string of the molecule is NC(=O)CNC(=O)c1cccc(NS(=O)(=O)c2ccc3c4c(cccc24)C(=O)N3)c1. The van der Waals surface area contributed by atoms with Gasteiger partial charge in [0, 0.05) is 33.3 Å². The number of hydrogen-bond donors (Lipinski definition) is 4. The molecule has 3 aromatic rings. The van der Waals surface area contributed by atoms with Crippen LogP contribution in [0.25, 0.3) is 10.8 Å². The Labute approximate surface area is 171 Å². The van der Waals surface area contributed by atoms with Gasteiger partial charge in [0.15, 0.2) is 0 Å². The highest BCUT2D eigenvalue weighted by atomic mass is 32.2. The average molecular weight is 424 g/mol. The number of nitrogens with one attached hydrogen (secondary N) is 3. The number of primary amides is 1. The molecule has 5 N–H and O–H groups in total. The Morgan fingerprint density at radius 2 is 1.80 bits per heavy atom. The normalized spacial score (nSPS) is 12.5. The van der Waals surface area contributed by atoms with Crippen molar-refractivity contribution in [3.05, 3.63) is 65.7 Å². The van der Waals surface area contributed by atoms with Gasteiger partial charge in [-0.15, -0.1) is 0 Å². The first-order valence-corrected chi connectivity index (χ1v) is 10.3. The second-order valence-corrected chi connectivity index (χ2v) is 8.28. The number of hydrogen-bond acceptors (Lipinski definition) is 5. The Kier molecular flexibility index (Phi) is 4.63. The second kappa shape index (κ2) is 7.16. The summed E-state index contributed by atoms with van der Waals surface area (Å²) in [5.41, 5.74) is 6.29. The van der Waals surface area contributed by atoms with Crippen molar-refractivity contribution in [3.63, 3.8) is 0 Å². The van der Waals surface area contributed by atoms with Gasteiger partial charge in [-0.05, 0) is 36.4 Å². The van der Waals surface area contributed by atoms with Crippen LogP contribution in [0.2, 0.25) is 0 Å². The van der Waals surface area contributed by atoms with E-state index in [1.54, 1.807) is 24.3 Å². The van der Waals surface area contributed by atoms with Crippen LogP contribution in [0.1, 0.15) is 20.7 Å². The number of benzene rings is 3. The summed E-state index contributed by atoms with van der Waals surface area (Å²) in [7, 11) is -4.03. The van der Waals surface area contributed by atoms with E-state index in [-0.39, 0.29) is 28.6 Å². The van der Waals surface area contributed by atoms with E-state index >= 15 is 0 Å². The molecule has 152 valence electrons. The van der Waals surface area contributed by atoms with Crippen molar-refractivity contribution in [1.29, 1.82) is 0 Å². The summed E-state index contributed by atoms with van der Waals surface area (Å²) in [6, 6.07) is 13.7. The van der Waals surface area contributed by atoms with Crippen LogP contribution < -0.4 is 21.1 Å². The molecule has 0 fully saturated rings. The summed E-state index contributed by atoms with van der Waals surface area (Å²) in [6.45, 7) is -0.331. The van der Waals surface area contributed by atoms with E-state index in [0.29, 0.717) is 22.0 Å². The third-order valence-corrected chi connectivity index (χ3v) is 6.02. The molecule has 10 heteroatoms. The standard InChI is InChI=1S/C20H16N4O5S/c21-17(25)10-22-19(26)11-3-1-4-12(9-11)24-30(28,29)16-8-7-15-18-13(16)5-2-6-14(18)20(27)23-15/h1-9,24H,10H2,(H2,21,25)(H,22,26)(H,23,27). The van der Waals surface area contributed by atoms with Crippen LogP contribution in [0.3, 0.4) is 0 Å². The van der Waals surface area contributed by atoms with Crippen molar-refractivity contribution in [3.8, 4) is 0 Å². The zero-order valence-electron chi connectivity index (χ0n) is 15.4. The molecule has 1 aliphatic heterocycles. The molecule has 1 aliphatic rings. The lowest BCUT2D eigenvalue weighted by atomic mass is 10.1. The Morgan fingerprint density at radius 3 is 2.57 bits per heavy atom. The summed E-state index contributed by atoms with van der Waals surface area (Å²) in [5, 5.41) is 6.00. The third kappa shape index (κ3) is 3.44. The van der Waals surface area contributed by atoms with Crippen LogP contribution in [-0.2, 0) is 14.8 Å². The van der Waals surface area contributed by atoms with E-state index in [4.69, 9.17) is 5.73 Å². The van der Waals surface area contributed by atoms with Crippen LogP contribution in [0.4, 0.5) is 11.4 Å². The topological polar surface area (TPSA) is 147 Å². The van der Waals surface area contributed by atoms with E-state index in [9.17, 15) is 22.8 Å². The van der Waals surface area contributed by atoms with Gasteiger partial charge in [-0.2, -0.15) is 0 Å². The highest BCUT2D eigenvalue weighted by Crippen LogP contribution is 2.36. The van der Waals surface area contributed by atoms with Gasteiger partial charge >= 0.3 is 0 Å². The molecule has 0 aromatic heterocycles. The van der Waals surface area contributed by atoms with E-state index < -0.39 is 21.8 Å². The molecule has 9 nitrogen and oxygen atoms in total. The van der Waals surface area contributed by atoms with Gasteiger partial charge < -0.3 is 16.4 Å². The van der Waals surface area contributed by atoms with E-state index in [2.05, 4.69) is 15.4 Å². The molecular weight excluding hydrogens is 408 g/mol. The third-order valence-electron chi connectivity index (χ3n) is 4.58. The van der Waals surface area contributed by atoms with Crippen molar-refractivity contribution < 1.29 is 22.8 Å². The van der Waals surface area contributed by atoms with Gasteiger partial charge in [-0.1, -0.05) is 18.2 Å². The van der Waals surface area contributed by atoms with Gasteiger partial charge in [0.05, 0.1) is 11.4 Å². The summed E-state index contributed by atoms with van der Waals surface area (Å²) < 4.78 is 28.6. The van der Waals surface area contributed by atoms with Crippen LogP contribution in [0.5, 0.6) is 0 Å². The molecule has 30 heavy (non-hydrogen) atoms. The van der Waals surface area contributed by atoms with Crippen LogP contribution in [0, 0.1) is 0 Å². The molecule has 0 aliphatic carbocycles. The molecule has 0 saturated carbocycles. The lowest BCUT2D eigenvalue weighted by molar-refractivity contribution is -0.117. The Hall–Kier alpha value is -3.92. The fourth-order valence-electron chi connectivity index (χ4n) is 3.30. The van der Waals surface area contributed by atoms with Crippen molar-refractivity contribution in [2.45, 2.75) is 4.90 Å². The Morgan fingerprint density at radius 1 is 1.03 bits per heavy atom. The Balaban J connectivity index is 1.68. The van der Waals surface area contributed by atoms with Crippen LogP contribution in [-0.4, -0.2) is 32.7 Å². The van der Waals surface area contributed by atoms with Gasteiger partial charge in [-0.25, -0.2) is 8.42 Å². The Bertz CT molecular complexity index is 1330. The summed E-state index contributed by atoms with van der Waals surface area (Å²) in [4.78, 5) is 35.0. The minimum atomic E-state index is -4.03. The lowest BCUT2D eigenvalue weighted by Crippen LogP contribution is -2.33. The predicted octanol–water partition coefficient (Wildman–Crippen LogP) is 1.42. The fourth-order valence-corrected chi connectivity index (χ4v) is 4.55. The maximum Gasteiger partial charge on any atom is 0.262 e. The predicted molar refractivity (Wildman–Crippen MR) is 111 cm³/mol. The quantitative estimate of drug-likeness (QED) is 0.472. The van der Waals surface area contributed by atoms with E-state index in [1.165, 1.54) is 30.3 Å². The zero-order chi connectivity index (χ0) is 21.5. The fraction of sp³-hybridized carbons (Fsp3) is 0.0500. The second-order valence-electron chi connectivity index (χ2n) is 6.63. The van der Waals surface area contributed by atoms with Gasteiger partial charge in [0.25, 0.3) is 21.8 Å². The first-order chi connectivity index (χ1) is 14.3. The molecule has 0 atom stereocenters. The largest absolute Gasteiger partial charge is 0.368 e. The number of amides is 3. The van der Waals surface area contributed by atoms with Crippen LogP contribution >= 0.6 is 0 Å². The molecular formula is C20H16N4O5S. The maximum atomic E-state index is 13.1. The van der Waals surface area contributed by atoms with Crippen molar-refractivity contribution in [2.24, 2.45) is 5.73 Å². The number of anilines is 2.